The van der Waals surface area contributed by atoms with Crippen molar-refractivity contribution in [1.82, 2.24) is 9.97 Å². The van der Waals surface area contributed by atoms with Gasteiger partial charge in [0.1, 0.15) is 17.3 Å². The molecule has 2 N–H and O–H groups in total. The maximum atomic E-state index is 12.6. The van der Waals surface area contributed by atoms with E-state index in [1.54, 1.807) is 13.0 Å². The molecule has 6 heteroatoms. The highest BCUT2D eigenvalue weighted by Gasteiger charge is 2.12. The summed E-state index contributed by atoms with van der Waals surface area (Å²) in [6.45, 7) is 6.31. The summed E-state index contributed by atoms with van der Waals surface area (Å²) in [5.41, 5.74) is 4.30. The number of aryl methyl sites for hydroxylation is 3. The fourth-order valence-electron chi connectivity index (χ4n) is 2.62. The van der Waals surface area contributed by atoms with E-state index in [4.69, 9.17) is 11.6 Å². The Morgan fingerprint density at radius 1 is 1.00 bits per heavy atom. The van der Waals surface area contributed by atoms with Gasteiger partial charge >= 0.3 is 0 Å². The van der Waals surface area contributed by atoms with Crippen molar-refractivity contribution in [2.75, 3.05) is 10.6 Å². The number of hydrogen-bond acceptors (Lipinski definition) is 4. The third kappa shape index (κ3) is 4.83. The Bertz CT molecular complexity index is 988. The molecule has 0 fully saturated rings. The van der Waals surface area contributed by atoms with Gasteiger partial charge in [-0.05, 0) is 55.7 Å². The first-order chi connectivity index (χ1) is 12.9. The van der Waals surface area contributed by atoms with Crippen molar-refractivity contribution >= 4 is 29.0 Å². The lowest BCUT2D eigenvalue weighted by Crippen LogP contribution is -2.16. The Morgan fingerprint density at radius 2 is 1.78 bits per heavy atom. The molecule has 0 saturated carbocycles. The third-order valence-corrected chi connectivity index (χ3v) is 4.62. The molecule has 1 heterocycles. The van der Waals surface area contributed by atoms with Gasteiger partial charge in [0.25, 0.3) is 5.91 Å². The zero-order valence-corrected chi connectivity index (χ0v) is 16.3. The van der Waals surface area contributed by atoms with Crippen LogP contribution in [0.3, 0.4) is 0 Å². The van der Waals surface area contributed by atoms with E-state index in [1.807, 2.05) is 56.3 Å². The van der Waals surface area contributed by atoms with Gasteiger partial charge in [-0.25, -0.2) is 9.97 Å². The van der Waals surface area contributed by atoms with Crippen molar-refractivity contribution in [1.29, 1.82) is 0 Å². The predicted molar refractivity (Wildman–Crippen MR) is 109 cm³/mol. The van der Waals surface area contributed by atoms with Gasteiger partial charge in [-0.2, -0.15) is 0 Å². The molecule has 0 radical (unpaired) electrons. The molecule has 0 aliphatic rings. The van der Waals surface area contributed by atoms with Gasteiger partial charge < -0.3 is 10.6 Å². The number of rotatable bonds is 5. The van der Waals surface area contributed by atoms with Gasteiger partial charge in [-0.3, -0.25) is 4.79 Å². The highest BCUT2D eigenvalue weighted by Crippen LogP contribution is 2.18. The Hall–Kier alpha value is -2.92. The number of nitrogens with zero attached hydrogens (tertiary/aromatic N) is 2. The number of nitrogens with one attached hydrogen (secondary N) is 2. The molecule has 1 aromatic heterocycles. The van der Waals surface area contributed by atoms with Crippen LogP contribution >= 0.6 is 11.6 Å². The minimum absolute atomic E-state index is 0.274. The molecule has 0 aliphatic carbocycles. The van der Waals surface area contributed by atoms with Crippen molar-refractivity contribution in [2.45, 2.75) is 27.3 Å². The maximum absolute atomic E-state index is 12.6. The molecule has 1 amide bonds. The number of anilines is 2. The number of aromatic nitrogens is 2. The summed E-state index contributed by atoms with van der Waals surface area (Å²) in [5.74, 6) is 0.821. The molecule has 0 spiro atoms. The summed E-state index contributed by atoms with van der Waals surface area (Å²) in [6, 6.07) is 15.0. The average molecular weight is 381 g/mol. The highest BCUT2D eigenvalue weighted by atomic mass is 35.5. The highest BCUT2D eigenvalue weighted by molar-refractivity contribution is 6.31. The summed E-state index contributed by atoms with van der Waals surface area (Å²) < 4.78 is 0. The van der Waals surface area contributed by atoms with Gasteiger partial charge in [-0.15, -0.1) is 0 Å². The molecule has 3 aromatic rings. The molecular formula is C21H21ClN4O. The van der Waals surface area contributed by atoms with Crippen LogP contribution in [0.15, 0.2) is 48.5 Å². The molecule has 0 unspecified atom stereocenters. The summed E-state index contributed by atoms with van der Waals surface area (Å²) in [4.78, 5) is 21.2. The van der Waals surface area contributed by atoms with Gasteiger partial charge in [0.15, 0.2) is 0 Å². The smallest absolute Gasteiger partial charge is 0.274 e. The van der Waals surface area contributed by atoms with E-state index < -0.39 is 0 Å². The van der Waals surface area contributed by atoms with Crippen LogP contribution in [0.1, 0.15) is 33.0 Å². The van der Waals surface area contributed by atoms with Crippen LogP contribution in [0.25, 0.3) is 0 Å². The number of benzene rings is 2. The number of amides is 1. The quantitative estimate of drug-likeness (QED) is 0.659. The Morgan fingerprint density at radius 3 is 2.52 bits per heavy atom. The Labute approximate surface area is 163 Å². The van der Waals surface area contributed by atoms with Crippen LogP contribution in [0.4, 0.5) is 11.5 Å². The monoisotopic (exact) mass is 380 g/mol. The van der Waals surface area contributed by atoms with Gasteiger partial charge in [0.05, 0.1) is 0 Å². The number of halogens is 1. The molecular weight excluding hydrogens is 360 g/mol. The molecule has 3 rings (SSSR count). The number of carbonyl (C=O) groups is 1. The first-order valence-electron chi connectivity index (χ1n) is 8.64. The van der Waals surface area contributed by atoms with Gasteiger partial charge in [0.2, 0.25) is 0 Å². The summed E-state index contributed by atoms with van der Waals surface area (Å²) in [5, 5.41) is 6.77. The van der Waals surface area contributed by atoms with Gasteiger partial charge in [0, 0.05) is 23.3 Å². The minimum Gasteiger partial charge on any atom is -0.366 e. The van der Waals surface area contributed by atoms with Crippen molar-refractivity contribution in [3.63, 3.8) is 0 Å². The molecule has 0 bridgehead atoms. The van der Waals surface area contributed by atoms with E-state index >= 15 is 0 Å². The third-order valence-electron chi connectivity index (χ3n) is 4.25. The van der Waals surface area contributed by atoms with Crippen LogP contribution in [-0.2, 0) is 6.54 Å². The molecule has 5 nitrogen and oxygen atoms in total. The van der Waals surface area contributed by atoms with E-state index in [2.05, 4.69) is 20.6 Å². The second-order valence-corrected chi connectivity index (χ2v) is 6.79. The fourth-order valence-corrected chi connectivity index (χ4v) is 2.82. The summed E-state index contributed by atoms with van der Waals surface area (Å²) >= 11 is 6.18. The second kappa shape index (κ2) is 8.18. The first-order valence-corrected chi connectivity index (χ1v) is 9.02. The largest absolute Gasteiger partial charge is 0.366 e. The van der Waals surface area contributed by atoms with Crippen LogP contribution in [0, 0.1) is 20.8 Å². The summed E-state index contributed by atoms with van der Waals surface area (Å²) in [7, 11) is 0. The number of carbonyl (C=O) groups excluding carboxylic acids is 1. The predicted octanol–water partition coefficient (Wildman–Crippen LogP) is 4.92. The summed E-state index contributed by atoms with van der Waals surface area (Å²) in [6.07, 6.45) is 0. The molecule has 138 valence electrons. The first kappa shape index (κ1) is 18.9. The lowest BCUT2D eigenvalue weighted by Gasteiger charge is -2.11. The van der Waals surface area contributed by atoms with E-state index in [0.29, 0.717) is 28.9 Å². The molecule has 0 atom stereocenters. The fraction of sp³-hybridized carbons (Fsp3) is 0.190. The maximum Gasteiger partial charge on any atom is 0.274 e. The molecule has 0 saturated heterocycles. The normalized spacial score (nSPS) is 10.5. The van der Waals surface area contributed by atoms with Crippen molar-refractivity contribution in [3.05, 3.63) is 81.8 Å². The zero-order chi connectivity index (χ0) is 19.4. The van der Waals surface area contributed by atoms with Crippen LogP contribution in [-0.4, -0.2) is 15.9 Å². The lowest BCUT2D eigenvalue weighted by atomic mass is 10.1. The van der Waals surface area contributed by atoms with Crippen molar-refractivity contribution < 1.29 is 4.79 Å². The molecule has 2 aromatic carbocycles. The van der Waals surface area contributed by atoms with E-state index in [1.165, 1.54) is 5.56 Å². The second-order valence-electron chi connectivity index (χ2n) is 6.38. The van der Waals surface area contributed by atoms with Gasteiger partial charge in [-0.1, -0.05) is 35.9 Å². The van der Waals surface area contributed by atoms with Crippen molar-refractivity contribution in [2.24, 2.45) is 0 Å². The van der Waals surface area contributed by atoms with Crippen LogP contribution < -0.4 is 10.6 Å². The standard InChI is InChI=1S/C21H21ClN4O/c1-13-8-9-17(10-14(13)2)26-21(27)19-11-20(25-15(3)24-19)23-12-16-6-4-5-7-18(16)22/h4-11H,12H2,1-3H3,(H,26,27)(H,23,24,25). The molecule has 27 heavy (non-hydrogen) atoms. The number of hydrogen-bond donors (Lipinski definition) is 2. The topological polar surface area (TPSA) is 66.9 Å². The lowest BCUT2D eigenvalue weighted by molar-refractivity contribution is 0.102. The average Bonchev–Trinajstić information content (AvgIpc) is 2.63. The molecule has 0 aliphatic heterocycles. The Balaban J connectivity index is 1.75. The van der Waals surface area contributed by atoms with Crippen molar-refractivity contribution in [3.8, 4) is 0 Å². The Kier molecular flexibility index (Phi) is 5.72. The zero-order valence-electron chi connectivity index (χ0n) is 15.5. The van der Waals surface area contributed by atoms with Crippen LogP contribution in [0.5, 0.6) is 0 Å². The van der Waals surface area contributed by atoms with E-state index in [0.717, 1.165) is 16.8 Å². The minimum atomic E-state index is -0.274. The van der Waals surface area contributed by atoms with E-state index in [-0.39, 0.29) is 5.91 Å². The SMILES string of the molecule is Cc1nc(NCc2ccccc2Cl)cc(C(=O)Nc2ccc(C)c(C)c2)n1. The van der Waals surface area contributed by atoms with E-state index in [9.17, 15) is 4.79 Å². The van der Waals surface area contributed by atoms with Crippen LogP contribution in [0.2, 0.25) is 5.02 Å².